The van der Waals surface area contributed by atoms with Gasteiger partial charge in [0.25, 0.3) is 0 Å². The van der Waals surface area contributed by atoms with Gasteiger partial charge >= 0.3 is 0 Å². The van der Waals surface area contributed by atoms with E-state index in [1.807, 2.05) is 24.3 Å². The van der Waals surface area contributed by atoms with E-state index in [2.05, 4.69) is 52.4 Å². The molecule has 132 valence electrons. The summed E-state index contributed by atoms with van der Waals surface area (Å²) in [6, 6.07) is 18.7. The highest BCUT2D eigenvalue weighted by molar-refractivity contribution is 7.80. The molecule has 3 nitrogen and oxygen atoms in total. The lowest BCUT2D eigenvalue weighted by Gasteiger charge is -2.37. The van der Waals surface area contributed by atoms with Gasteiger partial charge < -0.3 is 10.2 Å². The summed E-state index contributed by atoms with van der Waals surface area (Å²) >= 11 is 11.7. The molecule has 0 spiro atoms. The van der Waals surface area contributed by atoms with E-state index in [1.54, 1.807) is 0 Å². The zero-order valence-electron chi connectivity index (χ0n) is 14.5. The fraction of sp³-hybridized carbons (Fsp3) is 0.350. The molecule has 5 heteroatoms. The maximum Gasteiger partial charge on any atom is 0.169 e. The van der Waals surface area contributed by atoms with Crippen LogP contribution in [0.1, 0.15) is 24.1 Å². The normalized spacial score (nSPS) is 16.5. The monoisotopic (exact) mass is 373 g/mol. The predicted octanol–water partition coefficient (Wildman–Crippen LogP) is 4.09. The van der Waals surface area contributed by atoms with Gasteiger partial charge in [-0.15, -0.1) is 0 Å². The van der Waals surface area contributed by atoms with E-state index in [0.717, 1.165) is 42.9 Å². The third-order valence-electron chi connectivity index (χ3n) is 4.59. The van der Waals surface area contributed by atoms with Gasteiger partial charge in [-0.25, -0.2) is 0 Å². The molecule has 0 saturated carbocycles. The number of halogens is 1. The van der Waals surface area contributed by atoms with Crippen molar-refractivity contribution in [2.45, 2.75) is 19.5 Å². The maximum absolute atomic E-state index is 6.07. The molecule has 1 atom stereocenters. The van der Waals surface area contributed by atoms with Crippen molar-refractivity contribution in [2.24, 2.45) is 0 Å². The molecular formula is C20H24ClN3S. The molecule has 1 aliphatic rings. The lowest BCUT2D eigenvalue weighted by molar-refractivity contribution is 0.174. The Labute approximate surface area is 160 Å². The van der Waals surface area contributed by atoms with Crippen LogP contribution in [0.4, 0.5) is 0 Å². The van der Waals surface area contributed by atoms with Gasteiger partial charge in [-0.05, 0) is 42.4 Å². The summed E-state index contributed by atoms with van der Waals surface area (Å²) < 4.78 is 0. The lowest BCUT2D eigenvalue weighted by Crippen LogP contribution is -2.51. The molecule has 1 heterocycles. The van der Waals surface area contributed by atoms with Crippen molar-refractivity contribution in [1.82, 2.24) is 15.1 Å². The van der Waals surface area contributed by atoms with E-state index in [-0.39, 0.29) is 6.04 Å². The van der Waals surface area contributed by atoms with Crippen LogP contribution in [0.2, 0.25) is 5.02 Å². The summed E-state index contributed by atoms with van der Waals surface area (Å²) in [5, 5.41) is 5.11. The van der Waals surface area contributed by atoms with Gasteiger partial charge in [0.2, 0.25) is 0 Å². The molecule has 1 aliphatic heterocycles. The molecule has 1 fully saturated rings. The molecule has 0 aliphatic carbocycles. The molecule has 0 radical (unpaired) electrons. The molecule has 1 N–H and O–H groups in total. The maximum atomic E-state index is 6.07. The fourth-order valence-electron chi connectivity index (χ4n) is 3.10. The highest BCUT2D eigenvalue weighted by Gasteiger charge is 2.20. The molecule has 0 amide bonds. The second-order valence-electron chi connectivity index (χ2n) is 6.47. The first-order valence-electron chi connectivity index (χ1n) is 8.69. The number of rotatable bonds is 4. The highest BCUT2D eigenvalue weighted by atomic mass is 35.5. The second kappa shape index (κ2) is 8.65. The summed E-state index contributed by atoms with van der Waals surface area (Å²) in [7, 11) is 0. The second-order valence-corrected chi connectivity index (χ2v) is 7.30. The van der Waals surface area contributed by atoms with Gasteiger partial charge in [0, 0.05) is 37.7 Å². The van der Waals surface area contributed by atoms with Gasteiger partial charge in [0.05, 0.1) is 6.04 Å². The molecule has 1 saturated heterocycles. The molecular weight excluding hydrogens is 350 g/mol. The van der Waals surface area contributed by atoms with Gasteiger partial charge in [-0.3, -0.25) is 4.90 Å². The Hall–Kier alpha value is -1.62. The van der Waals surface area contributed by atoms with Gasteiger partial charge in [-0.2, -0.15) is 0 Å². The van der Waals surface area contributed by atoms with Crippen LogP contribution in [0.3, 0.4) is 0 Å². The van der Waals surface area contributed by atoms with Crippen molar-refractivity contribution in [3.05, 3.63) is 70.7 Å². The van der Waals surface area contributed by atoms with Gasteiger partial charge in [-0.1, -0.05) is 54.1 Å². The van der Waals surface area contributed by atoms with Crippen LogP contribution in [0.5, 0.6) is 0 Å². The Kier molecular flexibility index (Phi) is 6.29. The summed E-state index contributed by atoms with van der Waals surface area (Å²) in [5.74, 6) is 0. The molecule has 1 unspecified atom stereocenters. The van der Waals surface area contributed by atoms with Crippen molar-refractivity contribution in [2.75, 3.05) is 26.2 Å². The quantitative estimate of drug-likeness (QED) is 0.813. The molecule has 0 bridgehead atoms. The van der Waals surface area contributed by atoms with E-state index in [0.29, 0.717) is 0 Å². The number of piperazine rings is 1. The van der Waals surface area contributed by atoms with Gasteiger partial charge in [0.15, 0.2) is 5.11 Å². The number of benzene rings is 2. The fourth-order valence-corrected chi connectivity index (χ4v) is 3.68. The zero-order chi connectivity index (χ0) is 17.6. The van der Waals surface area contributed by atoms with Crippen LogP contribution >= 0.6 is 23.8 Å². The van der Waals surface area contributed by atoms with Crippen LogP contribution < -0.4 is 5.32 Å². The molecule has 0 aromatic heterocycles. The van der Waals surface area contributed by atoms with E-state index in [9.17, 15) is 0 Å². The lowest BCUT2D eigenvalue weighted by atomic mass is 10.1. The Morgan fingerprint density at radius 3 is 2.48 bits per heavy atom. The minimum Gasteiger partial charge on any atom is -0.356 e. The third-order valence-corrected chi connectivity index (χ3v) is 5.21. The highest BCUT2D eigenvalue weighted by Crippen LogP contribution is 2.15. The standard InChI is InChI=1S/C20H24ClN3S/c1-16(18-7-3-2-4-8-18)22-20(25)24-12-10-23(11-13-24)15-17-6-5-9-19(21)14-17/h2-9,14,16H,10-13,15H2,1H3,(H,22,25). The first kappa shape index (κ1) is 18.2. The summed E-state index contributed by atoms with van der Waals surface area (Å²) in [4.78, 5) is 4.72. The van der Waals surface area contributed by atoms with E-state index in [1.165, 1.54) is 11.1 Å². The zero-order valence-corrected chi connectivity index (χ0v) is 16.1. The Bertz CT molecular complexity index is 699. The van der Waals surface area contributed by atoms with Gasteiger partial charge in [0.1, 0.15) is 0 Å². The average molecular weight is 374 g/mol. The first-order chi connectivity index (χ1) is 12.1. The topological polar surface area (TPSA) is 18.5 Å². The molecule has 3 rings (SSSR count). The van der Waals surface area contributed by atoms with Crippen molar-refractivity contribution < 1.29 is 0 Å². The Morgan fingerprint density at radius 1 is 1.08 bits per heavy atom. The van der Waals surface area contributed by atoms with E-state index >= 15 is 0 Å². The SMILES string of the molecule is CC(NC(=S)N1CCN(Cc2cccc(Cl)c2)CC1)c1ccccc1. The number of hydrogen-bond donors (Lipinski definition) is 1. The smallest absolute Gasteiger partial charge is 0.169 e. The van der Waals surface area contributed by atoms with Crippen molar-refractivity contribution >= 4 is 28.9 Å². The Morgan fingerprint density at radius 2 is 1.80 bits per heavy atom. The minimum atomic E-state index is 0.221. The third kappa shape index (κ3) is 5.18. The van der Waals surface area contributed by atoms with Crippen LogP contribution in [-0.4, -0.2) is 41.1 Å². The van der Waals surface area contributed by atoms with E-state index in [4.69, 9.17) is 23.8 Å². The van der Waals surface area contributed by atoms with Crippen LogP contribution in [-0.2, 0) is 6.54 Å². The number of hydrogen-bond acceptors (Lipinski definition) is 2. The summed E-state index contributed by atoms with van der Waals surface area (Å²) in [6.45, 7) is 7.01. The molecule has 2 aromatic rings. The van der Waals surface area contributed by atoms with E-state index < -0.39 is 0 Å². The van der Waals surface area contributed by atoms with Crippen LogP contribution in [0, 0.1) is 0 Å². The average Bonchev–Trinajstić information content (AvgIpc) is 2.63. The molecule has 25 heavy (non-hydrogen) atoms. The summed E-state index contributed by atoms with van der Waals surface area (Å²) in [6.07, 6.45) is 0. The van der Waals surface area contributed by atoms with Crippen LogP contribution in [0.15, 0.2) is 54.6 Å². The first-order valence-corrected chi connectivity index (χ1v) is 9.47. The predicted molar refractivity (Wildman–Crippen MR) is 109 cm³/mol. The minimum absolute atomic E-state index is 0.221. The molecule has 2 aromatic carbocycles. The van der Waals surface area contributed by atoms with Crippen molar-refractivity contribution in [3.8, 4) is 0 Å². The van der Waals surface area contributed by atoms with Crippen molar-refractivity contribution in [1.29, 1.82) is 0 Å². The Balaban J connectivity index is 1.47. The summed E-state index contributed by atoms with van der Waals surface area (Å²) in [5.41, 5.74) is 2.52. The largest absolute Gasteiger partial charge is 0.356 e. The van der Waals surface area contributed by atoms with Crippen LogP contribution in [0.25, 0.3) is 0 Å². The number of thiocarbonyl (C=S) groups is 1. The van der Waals surface area contributed by atoms with Crippen molar-refractivity contribution in [3.63, 3.8) is 0 Å². The number of nitrogens with zero attached hydrogens (tertiary/aromatic N) is 2. The number of nitrogens with one attached hydrogen (secondary N) is 1.